The fraction of sp³-hybridized carbons (Fsp3) is 0.429. The van der Waals surface area contributed by atoms with Crippen LogP contribution in [0.25, 0.3) is 0 Å². The molecular formula is C21H23F3N4O3. The summed E-state index contributed by atoms with van der Waals surface area (Å²) >= 11 is 0. The van der Waals surface area contributed by atoms with E-state index in [4.69, 9.17) is 9.47 Å². The number of nitrogens with zero attached hydrogens (tertiary/aromatic N) is 3. The molecule has 0 spiro atoms. The van der Waals surface area contributed by atoms with E-state index >= 15 is 0 Å². The summed E-state index contributed by atoms with van der Waals surface area (Å²) in [5.41, 5.74) is 0.167. The first-order valence-corrected chi connectivity index (χ1v) is 10.0. The van der Waals surface area contributed by atoms with Crippen LogP contribution in [-0.2, 0) is 17.5 Å². The van der Waals surface area contributed by atoms with Crippen molar-refractivity contribution in [3.05, 3.63) is 47.7 Å². The molecule has 0 radical (unpaired) electrons. The minimum atomic E-state index is -4.39. The van der Waals surface area contributed by atoms with Gasteiger partial charge in [-0.1, -0.05) is 6.07 Å². The number of nitrogens with one attached hydrogen (secondary N) is 1. The minimum Gasteiger partial charge on any atom is -0.454 e. The largest absolute Gasteiger partial charge is 0.454 e. The van der Waals surface area contributed by atoms with Gasteiger partial charge >= 0.3 is 6.18 Å². The van der Waals surface area contributed by atoms with Crippen LogP contribution in [0.15, 0.2) is 36.5 Å². The average Bonchev–Trinajstić information content (AvgIpc) is 3.09. The van der Waals surface area contributed by atoms with E-state index in [2.05, 4.69) is 10.3 Å². The zero-order valence-electron chi connectivity index (χ0n) is 16.8. The lowest BCUT2D eigenvalue weighted by molar-refractivity contribution is -0.137. The molecule has 0 unspecified atom stereocenters. The molecule has 1 amide bonds. The summed E-state index contributed by atoms with van der Waals surface area (Å²) in [5, 5.41) is 2.91. The Kier molecular flexibility index (Phi) is 6.17. The van der Waals surface area contributed by atoms with Crippen molar-refractivity contribution in [1.82, 2.24) is 15.2 Å². The van der Waals surface area contributed by atoms with E-state index in [-0.39, 0.29) is 19.2 Å². The molecule has 0 atom stereocenters. The third-order valence-corrected chi connectivity index (χ3v) is 5.28. The number of hydrogen-bond donors (Lipinski definition) is 1. The number of rotatable bonds is 5. The number of carbonyl (C=O) groups is 1. The molecule has 4 rings (SSSR count). The summed E-state index contributed by atoms with van der Waals surface area (Å²) in [5.74, 6) is 1.81. The number of benzene rings is 1. The molecule has 3 heterocycles. The number of anilines is 1. The molecule has 2 aromatic rings. The second-order valence-corrected chi connectivity index (χ2v) is 7.48. The molecule has 7 nitrogen and oxygen atoms in total. The third kappa shape index (κ3) is 5.38. The van der Waals surface area contributed by atoms with Crippen molar-refractivity contribution >= 4 is 11.7 Å². The second-order valence-electron chi connectivity index (χ2n) is 7.48. The Hall–Kier alpha value is -3.01. The molecule has 166 valence electrons. The van der Waals surface area contributed by atoms with Crippen molar-refractivity contribution in [2.24, 2.45) is 0 Å². The van der Waals surface area contributed by atoms with Crippen molar-refractivity contribution in [3.63, 3.8) is 0 Å². The van der Waals surface area contributed by atoms with Gasteiger partial charge in [0.1, 0.15) is 5.82 Å². The van der Waals surface area contributed by atoms with Crippen LogP contribution in [0.2, 0.25) is 0 Å². The second kappa shape index (κ2) is 9.01. The lowest BCUT2D eigenvalue weighted by atomic mass is 10.2. The molecule has 2 aliphatic rings. The zero-order valence-corrected chi connectivity index (χ0v) is 16.8. The molecule has 1 aromatic heterocycles. The SMILES string of the molecule is O=C(CN1CCCN(c2ccc(C(F)(F)F)cn2)CC1)NCc1ccc2c(c1)OCO2. The van der Waals surface area contributed by atoms with Crippen molar-refractivity contribution in [2.45, 2.75) is 19.1 Å². The Morgan fingerprint density at radius 2 is 1.90 bits per heavy atom. The number of amides is 1. The van der Waals surface area contributed by atoms with E-state index < -0.39 is 11.7 Å². The lowest BCUT2D eigenvalue weighted by Crippen LogP contribution is -2.39. The maximum Gasteiger partial charge on any atom is 0.417 e. The van der Waals surface area contributed by atoms with E-state index in [1.807, 2.05) is 28.0 Å². The minimum absolute atomic E-state index is 0.0845. The van der Waals surface area contributed by atoms with Gasteiger partial charge in [0.05, 0.1) is 12.1 Å². The zero-order chi connectivity index (χ0) is 21.8. The summed E-state index contributed by atoms with van der Waals surface area (Å²) in [7, 11) is 0. The quantitative estimate of drug-likeness (QED) is 0.778. The number of alkyl halides is 3. The van der Waals surface area contributed by atoms with Crippen LogP contribution in [-0.4, -0.2) is 55.3 Å². The van der Waals surface area contributed by atoms with E-state index in [1.54, 1.807) is 0 Å². The van der Waals surface area contributed by atoms with Gasteiger partial charge in [0, 0.05) is 38.9 Å². The molecule has 0 bridgehead atoms. The van der Waals surface area contributed by atoms with Gasteiger partial charge in [0.15, 0.2) is 11.5 Å². The Bertz CT molecular complexity index is 921. The van der Waals surface area contributed by atoms with Gasteiger partial charge in [0.25, 0.3) is 0 Å². The molecule has 0 aliphatic carbocycles. The Morgan fingerprint density at radius 3 is 2.68 bits per heavy atom. The van der Waals surface area contributed by atoms with Crippen LogP contribution in [0.3, 0.4) is 0 Å². The van der Waals surface area contributed by atoms with Gasteiger partial charge in [-0.15, -0.1) is 0 Å². The van der Waals surface area contributed by atoms with E-state index in [0.29, 0.717) is 43.5 Å². The molecule has 0 saturated carbocycles. The first kappa shape index (κ1) is 21.2. The Morgan fingerprint density at radius 1 is 1.06 bits per heavy atom. The van der Waals surface area contributed by atoms with Gasteiger partial charge in [-0.2, -0.15) is 13.2 Å². The number of hydrogen-bond acceptors (Lipinski definition) is 6. The summed E-state index contributed by atoms with van der Waals surface area (Å²) in [6, 6.07) is 8.01. The van der Waals surface area contributed by atoms with Crippen molar-refractivity contribution in [3.8, 4) is 11.5 Å². The first-order chi connectivity index (χ1) is 14.9. The van der Waals surface area contributed by atoms with E-state index in [1.165, 1.54) is 6.07 Å². The first-order valence-electron chi connectivity index (χ1n) is 10.0. The number of carbonyl (C=O) groups excluding carboxylic acids is 1. The number of pyridine rings is 1. The number of ether oxygens (including phenoxy) is 2. The monoisotopic (exact) mass is 436 g/mol. The normalized spacial score (nSPS) is 16.8. The maximum absolute atomic E-state index is 12.7. The predicted molar refractivity (Wildman–Crippen MR) is 107 cm³/mol. The summed E-state index contributed by atoms with van der Waals surface area (Å²) < 4.78 is 48.8. The molecule has 1 saturated heterocycles. The van der Waals surface area contributed by atoms with E-state index in [9.17, 15) is 18.0 Å². The predicted octanol–water partition coefficient (Wildman–Crippen LogP) is 2.66. The van der Waals surface area contributed by atoms with Gasteiger partial charge in [-0.25, -0.2) is 4.98 Å². The molecule has 31 heavy (non-hydrogen) atoms. The molecule has 2 aliphatic heterocycles. The van der Waals surface area contributed by atoms with E-state index in [0.717, 1.165) is 30.8 Å². The molecule has 1 N–H and O–H groups in total. The number of aromatic nitrogens is 1. The fourth-order valence-electron chi connectivity index (χ4n) is 3.61. The van der Waals surface area contributed by atoms with Crippen LogP contribution in [0, 0.1) is 0 Å². The lowest BCUT2D eigenvalue weighted by Gasteiger charge is -2.22. The molecule has 1 fully saturated rings. The Balaban J connectivity index is 1.25. The van der Waals surface area contributed by atoms with Crippen molar-refractivity contribution in [2.75, 3.05) is 44.4 Å². The fourth-order valence-corrected chi connectivity index (χ4v) is 3.61. The van der Waals surface area contributed by atoms with Crippen LogP contribution >= 0.6 is 0 Å². The smallest absolute Gasteiger partial charge is 0.417 e. The summed E-state index contributed by atoms with van der Waals surface area (Å²) in [6.45, 7) is 3.49. The van der Waals surface area contributed by atoms with Crippen LogP contribution in [0.5, 0.6) is 11.5 Å². The maximum atomic E-state index is 12.7. The summed E-state index contributed by atoms with van der Waals surface area (Å²) in [4.78, 5) is 20.3. The van der Waals surface area contributed by atoms with Gasteiger partial charge < -0.3 is 19.7 Å². The molecule has 10 heteroatoms. The number of fused-ring (bicyclic) bond motifs is 1. The third-order valence-electron chi connectivity index (χ3n) is 5.28. The highest BCUT2D eigenvalue weighted by atomic mass is 19.4. The summed E-state index contributed by atoms with van der Waals surface area (Å²) in [6.07, 6.45) is -2.74. The van der Waals surface area contributed by atoms with Crippen molar-refractivity contribution < 1.29 is 27.4 Å². The average molecular weight is 436 g/mol. The van der Waals surface area contributed by atoms with Gasteiger partial charge in [0.2, 0.25) is 12.7 Å². The highest BCUT2D eigenvalue weighted by molar-refractivity contribution is 5.78. The van der Waals surface area contributed by atoms with Crippen LogP contribution in [0.1, 0.15) is 17.5 Å². The highest BCUT2D eigenvalue weighted by Crippen LogP contribution is 2.32. The van der Waals surface area contributed by atoms with Crippen molar-refractivity contribution in [1.29, 1.82) is 0 Å². The topological polar surface area (TPSA) is 66.9 Å². The molecule has 1 aromatic carbocycles. The molecular weight excluding hydrogens is 413 g/mol. The highest BCUT2D eigenvalue weighted by Gasteiger charge is 2.31. The number of halogens is 3. The van der Waals surface area contributed by atoms with Crippen LogP contribution < -0.4 is 19.7 Å². The van der Waals surface area contributed by atoms with Crippen LogP contribution in [0.4, 0.5) is 19.0 Å². The van der Waals surface area contributed by atoms with Gasteiger partial charge in [-0.05, 0) is 36.2 Å². The van der Waals surface area contributed by atoms with Gasteiger partial charge in [-0.3, -0.25) is 9.69 Å². The Labute approximate surface area is 177 Å². The standard InChI is InChI=1S/C21H23F3N4O3/c22-21(23,24)16-3-5-19(25-12-16)28-7-1-6-27(8-9-28)13-20(29)26-11-15-2-4-17-18(10-15)31-14-30-17/h2-5,10,12H,1,6-9,11,13-14H2,(H,26,29).